The monoisotopic (exact) mass is 488 g/mol. The zero-order valence-electron chi connectivity index (χ0n) is 20.3. The number of rotatable bonds is 8. The molecule has 1 saturated carbocycles. The van der Waals surface area contributed by atoms with E-state index in [0.29, 0.717) is 6.42 Å². The second-order valence-electron chi connectivity index (χ2n) is 10.3. The molecule has 0 aliphatic heterocycles. The summed E-state index contributed by atoms with van der Waals surface area (Å²) in [5.41, 5.74) is 1.15. The van der Waals surface area contributed by atoms with Gasteiger partial charge in [0.05, 0.1) is 16.7 Å². The van der Waals surface area contributed by atoms with E-state index in [9.17, 15) is 9.00 Å². The predicted molar refractivity (Wildman–Crippen MR) is 137 cm³/mol. The molecule has 0 saturated heterocycles. The second-order valence-corrected chi connectivity index (χ2v) is 12.6. The summed E-state index contributed by atoms with van der Waals surface area (Å²) >= 11 is 7.13. The first kappa shape index (κ1) is 26.0. The van der Waals surface area contributed by atoms with Crippen LogP contribution in [0.4, 0.5) is 0 Å². The number of benzene rings is 2. The fraction of sp³-hybridized carbons (Fsp3) is 0.536. The topological polar surface area (TPSA) is 43.4 Å². The van der Waals surface area contributed by atoms with Gasteiger partial charge in [0.2, 0.25) is 0 Å². The van der Waals surface area contributed by atoms with Crippen LogP contribution in [-0.2, 0) is 26.8 Å². The molecule has 1 unspecified atom stereocenters. The highest BCUT2D eigenvalue weighted by atomic mass is 35.5. The Kier molecular flexibility index (Phi) is 8.80. The summed E-state index contributed by atoms with van der Waals surface area (Å²) in [5.74, 6) is -0.624. The third kappa shape index (κ3) is 6.70. The fourth-order valence-electron chi connectivity index (χ4n) is 4.92. The largest absolute Gasteiger partial charge is 0.460 e. The molecule has 3 atom stereocenters. The number of carbonyl (C=O) groups is 1. The summed E-state index contributed by atoms with van der Waals surface area (Å²) < 4.78 is 18.9. The van der Waals surface area contributed by atoms with Crippen LogP contribution >= 0.6 is 11.6 Å². The van der Waals surface area contributed by atoms with Gasteiger partial charge in [-0.15, -0.1) is 11.6 Å². The Labute approximate surface area is 206 Å². The summed E-state index contributed by atoms with van der Waals surface area (Å²) in [5, 5.41) is 0. The summed E-state index contributed by atoms with van der Waals surface area (Å²) in [7, 11) is -1.42. The van der Waals surface area contributed by atoms with E-state index in [1.807, 2.05) is 70.2 Å². The van der Waals surface area contributed by atoms with Gasteiger partial charge in [-0.1, -0.05) is 67.3 Å². The van der Waals surface area contributed by atoms with Crippen molar-refractivity contribution in [3.05, 3.63) is 65.7 Å². The van der Waals surface area contributed by atoms with Gasteiger partial charge < -0.3 is 4.74 Å². The normalized spacial score (nSPS) is 18.8. The molecule has 1 aliphatic carbocycles. The lowest BCUT2D eigenvalue weighted by Crippen LogP contribution is -2.48. The van der Waals surface area contributed by atoms with Crippen molar-refractivity contribution in [1.82, 2.24) is 0 Å². The Morgan fingerprint density at radius 2 is 1.64 bits per heavy atom. The van der Waals surface area contributed by atoms with Gasteiger partial charge in [-0.05, 0) is 71.1 Å². The SMILES string of the molecule is Cc1ccc(S(=O)[C@@H](Cl)C2([C@@H](CCc3ccccc3)C(=O)OC(C)(C)C)CCCCC2)cc1. The highest BCUT2D eigenvalue weighted by molar-refractivity contribution is 7.87. The van der Waals surface area contributed by atoms with Gasteiger partial charge >= 0.3 is 5.97 Å². The van der Waals surface area contributed by atoms with Crippen LogP contribution in [0.3, 0.4) is 0 Å². The van der Waals surface area contributed by atoms with E-state index in [4.69, 9.17) is 16.3 Å². The van der Waals surface area contributed by atoms with E-state index in [1.54, 1.807) is 0 Å². The molecule has 0 amide bonds. The second kappa shape index (κ2) is 11.2. The van der Waals surface area contributed by atoms with Crippen LogP contribution in [0.2, 0.25) is 0 Å². The number of esters is 1. The lowest BCUT2D eigenvalue weighted by molar-refractivity contribution is -0.166. The van der Waals surface area contributed by atoms with Gasteiger partial charge in [0.25, 0.3) is 0 Å². The van der Waals surface area contributed by atoms with Gasteiger partial charge in [0.1, 0.15) is 10.3 Å². The Morgan fingerprint density at radius 3 is 2.21 bits per heavy atom. The minimum atomic E-state index is -1.42. The number of carbonyl (C=O) groups excluding carboxylic acids is 1. The van der Waals surface area contributed by atoms with Crippen molar-refractivity contribution in [2.75, 3.05) is 0 Å². The first-order chi connectivity index (χ1) is 15.6. The third-order valence-electron chi connectivity index (χ3n) is 6.63. The molecule has 3 nitrogen and oxygen atoms in total. The quantitative estimate of drug-likeness (QED) is 0.291. The van der Waals surface area contributed by atoms with Gasteiger partial charge in [-0.2, -0.15) is 0 Å². The molecule has 2 aromatic rings. The maximum Gasteiger partial charge on any atom is 0.310 e. The molecule has 0 radical (unpaired) electrons. The molecule has 0 heterocycles. The highest BCUT2D eigenvalue weighted by Crippen LogP contribution is 2.51. The number of alkyl halides is 1. The standard InChI is InChI=1S/C28H37ClO3S/c1-21-13-16-23(17-14-21)33(31)26(29)28(19-9-6-10-20-28)24(25(30)32-27(2,3)4)18-15-22-11-7-5-8-12-22/h5,7-8,11-14,16-17,24,26H,6,9-10,15,18-20H2,1-4H3/t24-,26+,33?/m0/s1. The lowest BCUT2D eigenvalue weighted by atomic mass is 9.65. The first-order valence-corrected chi connectivity index (χ1v) is 13.7. The molecule has 5 heteroatoms. The van der Waals surface area contributed by atoms with Crippen molar-refractivity contribution in [2.24, 2.45) is 11.3 Å². The fourth-order valence-corrected chi connectivity index (χ4v) is 7.07. The van der Waals surface area contributed by atoms with Crippen LogP contribution in [0.5, 0.6) is 0 Å². The number of halogens is 1. The van der Waals surface area contributed by atoms with E-state index in [-0.39, 0.29) is 5.97 Å². The van der Waals surface area contributed by atoms with E-state index in [1.165, 1.54) is 5.56 Å². The van der Waals surface area contributed by atoms with Gasteiger partial charge in [0.15, 0.2) is 0 Å². The Bertz CT molecular complexity index is 928. The third-order valence-corrected chi connectivity index (χ3v) is 9.13. The Hall–Kier alpha value is -1.65. The molecule has 0 N–H and O–H groups in total. The summed E-state index contributed by atoms with van der Waals surface area (Å²) in [6, 6.07) is 17.9. The average molecular weight is 489 g/mol. The van der Waals surface area contributed by atoms with Crippen LogP contribution in [0.25, 0.3) is 0 Å². The van der Waals surface area contributed by atoms with Crippen molar-refractivity contribution < 1.29 is 13.7 Å². The van der Waals surface area contributed by atoms with Crippen molar-refractivity contribution in [3.63, 3.8) is 0 Å². The van der Waals surface area contributed by atoms with Gasteiger partial charge in [-0.25, -0.2) is 0 Å². The number of ether oxygens (including phenoxy) is 1. The van der Waals surface area contributed by atoms with Crippen LogP contribution in [0, 0.1) is 18.3 Å². The minimum absolute atomic E-state index is 0.216. The number of hydrogen-bond donors (Lipinski definition) is 0. The van der Waals surface area contributed by atoms with Crippen LogP contribution in [0.1, 0.15) is 70.4 Å². The Morgan fingerprint density at radius 1 is 1.03 bits per heavy atom. The molecular weight excluding hydrogens is 452 g/mol. The maximum absolute atomic E-state index is 13.7. The lowest BCUT2D eigenvalue weighted by Gasteiger charge is -2.45. The molecule has 3 rings (SSSR count). The molecule has 0 aromatic heterocycles. The molecular formula is C28H37ClO3S. The molecule has 1 aliphatic rings. The molecule has 33 heavy (non-hydrogen) atoms. The van der Waals surface area contributed by atoms with Crippen molar-refractivity contribution >= 4 is 28.4 Å². The summed E-state index contributed by atoms with van der Waals surface area (Å²) in [6.07, 6.45) is 6.05. The van der Waals surface area contributed by atoms with Crippen molar-refractivity contribution in [1.29, 1.82) is 0 Å². The molecule has 1 fully saturated rings. The van der Waals surface area contributed by atoms with Crippen LogP contribution in [0.15, 0.2) is 59.5 Å². The highest BCUT2D eigenvalue weighted by Gasteiger charge is 2.51. The zero-order valence-corrected chi connectivity index (χ0v) is 21.9. The molecule has 0 spiro atoms. The summed E-state index contributed by atoms with van der Waals surface area (Å²) in [4.78, 5) is 14.3. The average Bonchev–Trinajstić information content (AvgIpc) is 2.79. The molecule has 2 aromatic carbocycles. The van der Waals surface area contributed by atoms with E-state index >= 15 is 0 Å². The van der Waals surface area contributed by atoms with Gasteiger partial charge in [0, 0.05) is 10.3 Å². The Balaban J connectivity index is 1.97. The molecule has 0 bridgehead atoms. The minimum Gasteiger partial charge on any atom is -0.460 e. The molecule has 180 valence electrons. The van der Waals surface area contributed by atoms with Crippen LogP contribution < -0.4 is 0 Å². The van der Waals surface area contributed by atoms with E-state index < -0.39 is 32.4 Å². The number of hydrogen-bond acceptors (Lipinski definition) is 3. The first-order valence-electron chi connectivity index (χ1n) is 12.0. The van der Waals surface area contributed by atoms with E-state index in [2.05, 4.69) is 12.1 Å². The van der Waals surface area contributed by atoms with Crippen molar-refractivity contribution in [2.45, 2.75) is 87.8 Å². The smallest absolute Gasteiger partial charge is 0.310 e. The number of aryl methyl sites for hydroxylation is 2. The van der Waals surface area contributed by atoms with E-state index in [0.717, 1.165) is 49.0 Å². The summed E-state index contributed by atoms with van der Waals surface area (Å²) in [6.45, 7) is 7.70. The van der Waals surface area contributed by atoms with Crippen LogP contribution in [-0.4, -0.2) is 20.5 Å². The maximum atomic E-state index is 13.7. The van der Waals surface area contributed by atoms with Crippen molar-refractivity contribution in [3.8, 4) is 0 Å². The predicted octanol–water partition coefficient (Wildman–Crippen LogP) is 7.21. The van der Waals surface area contributed by atoms with Gasteiger partial charge in [-0.3, -0.25) is 9.00 Å². The zero-order chi connectivity index (χ0) is 24.1.